The molecule has 2 rings (SSSR count). The number of methoxy groups -OCH3 is 1. The first-order chi connectivity index (χ1) is 12.5. The van der Waals surface area contributed by atoms with Gasteiger partial charge in [-0.15, -0.1) is 0 Å². The number of nitrogens with zero attached hydrogens (tertiary/aromatic N) is 2. The summed E-state index contributed by atoms with van der Waals surface area (Å²) in [5.74, 6) is 0.569. The van der Waals surface area contributed by atoms with E-state index in [1.807, 2.05) is 6.07 Å². The summed E-state index contributed by atoms with van der Waals surface area (Å²) < 4.78 is 37.6. The van der Waals surface area contributed by atoms with Crippen LogP contribution in [0.5, 0.6) is 5.75 Å². The Labute approximate surface area is 158 Å². The third kappa shape index (κ3) is 5.44. The molecule has 2 aromatic carbocycles. The SMILES string of the molecule is COCCN(CCOc1cccc(Cl)c1)S(=O)(=O)c1ccc(C#N)cc1. The molecule has 0 heterocycles. The standard InChI is InChI=1S/C18H19ClN2O4S/c1-24-11-9-21(10-12-25-17-4-2-3-16(19)13-17)26(22,23)18-7-5-15(14-20)6-8-18/h2-8,13H,9-12H2,1H3. The second-order valence-electron chi connectivity index (χ2n) is 5.34. The molecule has 0 saturated carbocycles. The lowest BCUT2D eigenvalue weighted by Gasteiger charge is -2.22. The summed E-state index contributed by atoms with van der Waals surface area (Å²) in [5, 5.41) is 9.39. The lowest BCUT2D eigenvalue weighted by molar-refractivity contribution is 0.171. The van der Waals surface area contributed by atoms with Crippen LogP contribution in [0.1, 0.15) is 5.56 Å². The second-order valence-corrected chi connectivity index (χ2v) is 7.71. The summed E-state index contributed by atoms with van der Waals surface area (Å²) in [6.45, 7) is 0.766. The molecule has 0 aromatic heterocycles. The highest BCUT2D eigenvalue weighted by Gasteiger charge is 2.24. The molecule has 6 nitrogen and oxygen atoms in total. The quantitative estimate of drug-likeness (QED) is 0.653. The minimum absolute atomic E-state index is 0.121. The first-order valence-electron chi connectivity index (χ1n) is 7.85. The van der Waals surface area contributed by atoms with E-state index in [4.69, 9.17) is 26.3 Å². The largest absolute Gasteiger partial charge is 0.492 e. The third-order valence-electron chi connectivity index (χ3n) is 3.57. The summed E-state index contributed by atoms with van der Waals surface area (Å²) in [7, 11) is -2.21. The van der Waals surface area contributed by atoms with Crippen molar-refractivity contribution in [2.24, 2.45) is 0 Å². The van der Waals surface area contributed by atoms with Crippen molar-refractivity contribution in [2.45, 2.75) is 4.90 Å². The van der Waals surface area contributed by atoms with E-state index in [9.17, 15) is 8.42 Å². The number of hydrogen-bond donors (Lipinski definition) is 0. The Hall–Kier alpha value is -2.11. The molecule has 8 heteroatoms. The van der Waals surface area contributed by atoms with Gasteiger partial charge in [0.1, 0.15) is 12.4 Å². The molecular formula is C18H19ClN2O4S. The molecule has 0 spiro atoms. The molecule has 138 valence electrons. The molecule has 0 aliphatic carbocycles. The van der Waals surface area contributed by atoms with E-state index in [1.165, 1.54) is 35.7 Å². The number of benzene rings is 2. The van der Waals surface area contributed by atoms with E-state index in [-0.39, 0.29) is 31.2 Å². The van der Waals surface area contributed by atoms with Crippen molar-refractivity contribution in [3.8, 4) is 11.8 Å². The van der Waals surface area contributed by atoms with Gasteiger partial charge in [-0.2, -0.15) is 9.57 Å². The van der Waals surface area contributed by atoms with Gasteiger partial charge in [0.25, 0.3) is 0 Å². The van der Waals surface area contributed by atoms with Crippen molar-refractivity contribution >= 4 is 21.6 Å². The maximum Gasteiger partial charge on any atom is 0.243 e. The van der Waals surface area contributed by atoms with Crippen LogP contribution in [0.3, 0.4) is 0 Å². The van der Waals surface area contributed by atoms with Crippen molar-refractivity contribution in [1.29, 1.82) is 5.26 Å². The van der Waals surface area contributed by atoms with Gasteiger partial charge in [-0.3, -0.25) is 0 Å². The minimum Gasteiger partial charge on any atom is -0.492 e. The predicted octanol–water partition coefficient (Wildman–Crippen LogP) is 2.93. The Morgan fingerprint density at radius 1 is 1.12 bits per heavy atom. The summed E-state index contributed by atoms with van der Waals surface area (Å²) in [4.78, 5) is 0.121. The second kappa shape index (κ2) is 9.55. The first kappa shape index (κ1) is 20.2. The van der Waals surface area contributed by atoms with Crippen LogP contribution in [0.4, 0.5) is 0 Å². The number of ether oxygens (including phenoxy) is 2. The normalized spacial score (nSPS) is 11.3. The average Bonchev–Trinajstić information content (AvgIpc) is 2.64. The molecular weight excluding hydrogens is 376 g/mol. The zero-order chi connectivity index (χ0) is 19.0. The van der Waals surface area contributed by atoms with Crippen LogP contribution in [-0.2, 0) is 14.8 Å². The van der Waals surface area contributed by atoms with Crippen LogP contribution >= 0.6 is 11.6 Å². The zero-order valence-corrected chi connectivity index (χ0v) is 15.8. The van der Waals surface area contributed by atoms with Gasteiger partial charge >= 0.3 is 0 Å². The van der Waals surface area contributed by atoms with Crippen LogP contribution in [0.25, 0.3) is 0 Å². The number of nitriles is 1. The summed E-state index contributed by atoms with van der Waals surface area (Å²) in [5.41, 5.74) is 0.400. The Kier molecular flexibility index (Phi) is 7.42. The molecule has 0 amide bonds. The van der Waals surface area contributed by atoms with Crippen LogP contribution in [0.2, 0.25) is 5.02 Å². The minimum atomic E-state index is -3.72. The van der Waals surface area contributed by atoms with Gasteiger partial charge in [0.2, 0.25) is 10.0 Å². The van der Waals surface area contributed by atoms with Gasteiger partial charge in [0, 0.05) is 25.2 Å². The van der Waals surface area contributed by atoms with Crippen molar-refractivity contribution < 1.29 is 17.9 Å². The van der Waals surface area contributed by atoms with Crippen molar-refractivity contribution in [3.63, 3.8) is 0 Å². The fraction of sp³-hybridized carbons (Fsp3) is 0.278. The maximum atomic E-state index is 12.8. The topological polar surface area (TPSA) is 79.6 Å². The molecule has 2 aromatic rings. The van der Waals surface area contributed by atoms with Gasteiger partial charge in [0.05, 0.1) is 23.1 Å². The molecule has 0 atom stereocenters. The lowest BCUT2D eigenvalue weighted by Crippen LogP contribution is -2.37. The molecule has 26 heavy (non-hydrogen) atoms. The molecule has 0 saturated heterocycles. The summed E-state index contributed by atoms with van der Waals surface area (Å²) in [6.07, 6.45) is 0. The smallest absolute Gasteiger partial charge is 0.243 e. The third-order valence-corrected chi connectivity index (χ3v) is 5.72. The zero-order valence-electron chi connectivity index (χ0n) is 14.3. The highest BCUT2D eigenvalue weighted by atomic mass is 35.5. The van der Waals surface area contributed by atoms with Gasteiger partial charge in [0.15, 0.2) is 0 Å². The summed E-state index contributed by atoms with van der Waals surface area (Å²) >= 11 is 5.91. The predicted molar refractivity (Wildman–Crippen MR) is 98.7 cm³/mol. The first-order valence-corrected chi connectivity index (χ1v) is 9.67. The molecule has 0 N–H and O–H groups in total. The summed E-state index contributed by atoms with van der Waals surface area (Å²) in [6, 6.07) is 14.7. The van der Waals surface area contributed by atoms with Crippen molar-refractivity contribution in [3.05, 3.63) is 59.1 Å². The van der Waals surface area contributed by atoms with Gasteiger partial charge < -0.3 is 9.47 Å². The average molecular weight is 395 g/mol. The van der Waals surface area contributed by atoms with Gasteiger partial charge in [-0.25, -0.2) is 8.42 Å². The van der Waals surface area contributed by atoms with E-state index < -0.39 is 10.0 Å². The van der Waals surface area contributed by atoms with E-state index in [1.54, 1.807) is 24.3 Å². The molecule has 0 unspecified atom stereocenters. The lowest BCUT2D eigenvalue weighted by atomic mass is 10.2. The van der Waals surface area contributed by atoms with Crippen LogP contribution < -0.4 is 4.74 Å². The van der Waals surface area contributed by atoms with E-state index in [2.05, 4.69) is 0 Å². The van der Waals surface area contributed by atoms with Crippen molar-refractivity contribution in [1.82, 2.24) is 4.31 Å². The number of halogens is 1. The number of hydrogen-bond acceptors (Lipinski definition) is 5. The van der Waals surface area contributed by atoms with E-state index in [0.717, 1.165) is 0 Å². The number of sulfonamides is 1. The monoisotopic (exact) mass is 394 g/mol. The van der Waals surface area contributed by atoms with Gasteiger partial charge in [-0.05, 0) is 42.5 Å². The Morgan fingerprint density at radius 3 is 2.42 bits per heavy atom. The fourth-order valence-electron chi connectivity index (χ4n) is 2.22. The maximum absolute atomic E-state index is 12.8. The Bertz CT molecular complexity index is 864. The molecule has 0 radical (unpaired) electrons. The van der Waals surface area contributed by atoms with E-state index >= 15 is 0 Å². The van der Waals surface area contributed by atoms with Crippen LogP contribution in [-0.4, -0.2) is 46.1 Å². The molecule has 0 aliphatic heterocycles. The Morgan fingerprint density at radius 2 is 1.81 bits per heavy atom. The number of rotatable bonds is 9. The molecule has 0 bridgehead atoms. The van der Waals surface area contributed by atoms with E-state index in [0.29, 0.717) is 16.3 Å². The molecule has 0 aliphatic rings. The highest BCUT2D eigenvalue weighted by Crippen LogP contribution is 2.19. The highest BCUT2D eigenvalue weighted by molar-refractivity contribution is 7.89. The Balaban J connectivity index is 2.10. The van der Waals surface area contributed by atoms with Crippen molar-refractivity contribution in [2.75, 3.05) is 33.4 Å². The van der Waals surface area contributed by atoms with Crippen LogP contribution in [0, 0.1) is 11.3 Å². The van der Waals surface area contributed by atoms with Gasteiger partial charge in [-0.1, -0.05) is 17.7 Å². The van der Waals surface area contributed by atoms with Crippen LogP contribution in [0.15, 0.2) is 53.4 Å². The molecule has 0 fully saturated rings. The fourth-order valence-corrected chi connectivity index (χ4v) is 3.81.